The van der Waals surface area contributed by atoms with Crippen molar-refractivity contribution in [2.75, 3.05) is 0 Å². The van der Waals surface area contributed by atoms with Crippen LogP contribution >= 0.6 is 23.5 Å². The Morgan fingerprint density at radius 2 is 1.21 bits per heavy atom. The first-order valence-electron chi connectivity index (χ1n) is 4.13. The standard InChI is InChI=1S/C10H8O2S2/c1-5-3-7(9(11)13-5)8-4-6(2)14-10(8)12/h3-4H,1-2H3/b8-7+. The third kappa shape index (κ3) is 1.60. The van der Waals surface area contributed by atoms with E-state index in [4.69, 9.17) is 0 Å². The summed E-state index contributed by atoms with van der Waals surface area (Å²) in [4.78, 5) is 24.9. The fourth-order valence-electron chi connectivity index (χ4n) is 1.36. The highest BCUT2D eigenvalue weighted by molar-refractivity contribution is 8.18. The molecule has 0 aliphatic carbocycles. The van der Waals surface area contributed by atoms with Crippen LogP contribution in [0.3, 0.4) is 0 Å². The van der Waals surface area contributed by atoms with Crippen molar-refractivity contribution in [2.45, 2.75) is 13.8 Å². The molecule has 0 radical (unpaired) electrons. The van der Waals surface area contributed by atoms with E-state index >= 15 is 0 Å². The van der Waals surface area contributed by atoms with E-state index in [0.717, 1.165) is 9.81 Å². The Balaban J connectivity index is 2.51. The molecule has 0 aromatic rings. The Hall–Kier alpha value is -0.740. The van der Waals surface area contributed by atoms with E-state index in [9.17, 15) is 9.59 Å². The number of thioether (sulfide) groups is 2. The van der Waals surface area contributed by atoms with E-state index in [-0.39, 0.29) is 10.2 Å². The molecule has 14 heavy (non-hydrogen) atoms. The smallest absolute Gasteiger partial charge is 0.224 e. The summed E-state index contributed by atoms with van der Waals surface area (Å²) in [6, 6.07) is 0. The topological polar surface area (TPSA) is 34.1 Å². The lowest BCUT2D eigenvalue weighted by Gasteiger charge is -1.94. The second-order valence-corrected chi connectivity index (χ2v) is 5.55. The minimum Gasteiger partial charge on any atom is -0.281 e. The summed E-state index contributed by atoms with van der Waals surface area (Å²) in [5, 5.41) is -0.0326. The molecule has 0 N–H and O–H groups in total. The van der Waals surface area contributed by atoms with Crippen LogP contribution in [0, 0.1) is 0 Å². The summed E-state index contributed by atoms with van der Waals surface area (Å²) in [5.74, 6) is 0. The van der Waals surface area contributed by atoms with Gasteiger partial charge in [-0.2, -0.15) is 0 Å². The van der Waals surface area contributed by atoms with Crippen LogP contribution < -0.4 is 0 Å². The predicted molar refractivity (Wildman–Crippen MR) is 59.7 cm³/mol. The van der Waals surface area contributed by atoms with Crippen LogP contribution in [0.2, 0.25) is 0 Å². The molecule has 0 bridgehead atoms. The fourth-order valence-corrected chi connectivity index (χ4v) is 2.86. The van der Waals surface area contributed by atoms with E-state index in [2.05, 4.69) is 0 Å². The number of carbonyl (C=O) groups is 2. The van der Waals surface area contributed by atoms with Crippen LogP contribution in [0.15, 0.2) is 33.1 Å². The molecule has 0 aromatic heterocycles. The lowest BCUT2D eigenvalue weighted by Crippen LogP contribution is -1.98. The maximum atomic E-state index is 11.5. The van der Waals surface area contributed by atoms with Crippen LogP contribution in [0.5, 0.6) is 0 Å². The van der Waals surface area contributed by atoms with E-state index in [0.29, 0.717) is 11.1 Å². The van der Waals surface area contributed by atoms with Gasteiger partial charge in [0, 0.05) is 11.1 Å². The average molecular weight is 224 g/mol. The number of hydrogen-bond acceptors (Lipinski definition) is 4. The van der Waals surface area contributed by atoms with Gasteiger partial charge < -0.3 is 0 Å². The van der Waals surface area contributed by atoms with Gasteiger partial charge in [-0.05, 0) is 35.8 Å². The van der Waals surface area contributed by atoms with Crippen molar-refractivity contribution in [1.29, 1.82) is 0 Å². The summed E-state index contributed by atoms with van der Waals surface area (Å²) in [6.07, 6.45) is 3.58. The second-order valence-electron chi connectivity index (χ2n) is 3.12. The monoisotopic (exact) mass is 224 g/mol. The van der Waals surface area contributed by atoms with Crippen LogP contribution in [0.25, 0.3) is 0 Å². The first kappa shape index (κ1) is 9.80. The average Bonchev–Trinajstić information content (AvgIpc) is 2.55. The Bertz CT molecular complexity index is 387. The molecule has 0 fully saturated rings. The Morgan fingerprint density at radius 3 is 1.43 bits per heavy atom. The number of allylic oxidation sites excluding steroid dienone is 4. The Morgan fingerprint density at radius 1 is 0.857 bits per heavy atom. The maximum Gasteiger partial charge on any atom is 0.224 e. The molecule has 0 saturated heterocycles. The molecule has 0 amide bonds. The number of carbonyl (C=O) groups excluding carboxylic acids is 2. The highest BCUT2D eigenvalue weighted by Crippen LogP contribution is 2.38. The third-order valence-electron chi connectivity index (χ3n) is 1.93. The molecule has 0 aromatic carbocycles. The molecule has 0 unspecified atom stereocenters. The molecule has 0 saturated carbocycles. The maximum absolute atomic E-state index is 11.5. The molecule has 0 atom stereocenters. The van der Waals surface area contributed by atoms with Gasteiger partial charge >= 0.3 is 0 Å². The molecule has 2 aliphatic heterocycles. The lowest BCUT2D eigenvalue weighted by atomic mass is 10.1. The summed E-state index contributed by atoms with van der Waals surface area (Å²) in [6.45, 7) is 3.75. The van der Waals surface area contributed by atoms with E-state index in [1.807, 2.05) is 13.8 Å². The van der Waals surface area contributed by atoms with Gasteiger partial charge in [-0.3, -0.25) is 9.59 Å². The lowest BCUT2D eigenvalue weighted by molar-refractivity contribution is -0.109. The Labute approximate surface area is 90.5 Å². The first-order valence-corrected chi connectivity index (χ1v) is 5.76. The zero-order chi connectivity index (χ0) is 10.3. The normalized spacial score (nSPS) is 27.0. The van der Waals surface area contributed by atoms with Crippen LogP contribution in [0.1, 0.15) is 13.8 Å². The van der Waals surface area contributed by atoms with Crippen molar-refractivity contribution in [3.63, 3.8) is 0 Å². The summed E-state index contributed by atoms with van der Waals surface area (Å²) >= 11 is 2.38. The number of hydrogen-bond donors (Lipinski definition) is 0. The molecule has 0 spiro atoms. The van der Waals surface area contributed by atoms with Gasteiger partial charge in [-0.15, -0.1) is 0 Å². The van der Waals surface area contributed by atoms with Gasteiger partial charge in [-0.25, -0.2) is 0 Å². The first-order chi connectivity index (χ1) is 6.58. The van der Waals surface area contributed by atoms with Crippen molar-refractivity contribution in [2.24, 2.45) is 0 Å². The van der Waals surface area contributed by atoms with Crippen molar-refractivity contribution >= 4 is 33.8 Å². The van der Waals surface area contributed by atoms with Crippen molar-refractivity contribution in [3.8, 4) is 0 Å². The largest absolute Gasteiger partial charge is 0.281 e. The molecule has 2 nitrogen and oxygen atoms in total. The zero-order valence-electron chi connectivity index (χ0n) is 7.79. The van der Waals surface area contributed by atoms with Crippen molar-refractivity contribution in [1.82, 2.24) is 0 Å². The molecule has 4 heteroatoms. The zero-order valence-corrected chi connectivity index (χ0v) is 9.42. The Kier molecular flexibility index (Phi) is 2.41. The van der Waals surface area contributed by atoms with E-state index in [1.165, 1.54) is 23.5 Å². The van der Waals surface area contributed by atoms with Gasteiger partial charge in [-0.1, -0.05) is 23.5 Å². The van der Waals surface area contributed by atoms with Crippen molar-refractivity contribution < 1.29 is 9.59 Å². The quantitative estimate of drug-likeness (QED) is 0.592. The summed E-state index contributed by atoms with van der Waals surface area (Å²) in [5.41, 5.74) is 1.11. The van der Waals surface area contributed by atoms with Gasteiger partial charge in [0.2, 0.25) is 10.2 Å². The van der Waals surface area contributed by atoms with Gasteiger partial charge in [0.05, 0.1) is 0 Å². The molecular formula is C10H8O2S2. The van der Waals surface area contributed by atoms with Crippen molar-refractivity contribution in [3.05, 3.63) is 33.1 Å². The third-order valence-corrected chi connectivity index (χ3v) is 3.62. The van der Waals surface area contributed by atoms with Gasteiger partial charge in [0.1, 0.15) is 0 Å². The summed E-state index contributed by atoms with van der Waals surface area (Å²) in [7, 11) is 0. The minimum atomic E-state index is -0.0163. The number of rotatable bonds is 0. The molecular weight excluding hydrogens is 216 g/mol. The van der Waals surface area contributed by atoms with Gasteiger partial charge in [0.25, 0.3) is 0 Å². The fraction of sp³-hybridized carbons (Fsp3) is 0.200. The van der Waals surface area contributed by atoms with E-state index < -0.39 is 0 Å². The van der Waals surface area contributed by atoms with Crippen LogP contribution in [0.4, 0.5) is 0 Å². The molecule has 2 aliphatic rings. The SMILES string of the molecule is CC1=C/C(=C2/C=C(C)SC2=O)C(=O)S1. The van der Waals surface area contributed by atoms with E-state index in [1.54, 1.807) is 12.2 Å². The van der Waals surface area contributed by atoms with Gasteiger partial charge in [0.15, 0.2) is 0 Å². The van der Waals surface area contributed by atoms with Crippen LogP contribution in [-0.2, 0) is 9.59 Å². The second kappa shape index (κ2) is 3.44. The highest BCUT2D eigenvalue weighted by atomic mass is 32.2. The van der Waals surface area contributed by atoms with Crippen LogP contribution in [-0.4, -0.2) is 10.2 Å². The molecule has 72 valence electrons. The summed E-state index contributed by atoms with van der Waals surface area (Å²) < 4.78 is 0. The predicted octanol–water partition coefficient (Wildman–Crippen LogP) is 2.64. The molecule has 2 heterocycles. The minimum absolute atomic E-state index is 0.0163. The molecule has 2 rings (SSSR count). The highest BCUT2D eigenvalue weighted by Gasteiger charge is 2.27.